The van der Waals surface area contributed by atoms with Crippen molar-refractivity contribution in [1.82, 2.24) is 20.2 Å². The molecular formula is C26H23N5O3S. The van der Waals surface area contributed by atoms with Gasteiger partial charge < -0.3 is 9.15 Å². The van der Waals surface area contributed by atoms with Crippen molar-refractivity contribution in [2.45, 2.75) is 24.6 Å². The van der Waals surface area contributed by atoms with Gasteiger partial charge in [0.15, 0.2) is 0 Å². The summed E-state index contributed by atoms with van der Waals surface area (Å²) in [6.07, 6.45) is 3.95. The first-order valence-corrected chi connectivity index (χ1v) is 12.1. The molecule has 0 radical (unpaired) electrons. The molecule has 176 valence electrons. The number of methoxy groups -OCH3 is 1. The normalized spacial score (nSPS) is 15.2. The Hall–Kier alpha value is -3.98. The number of benzene rings is 2. The van der Waals surface area contributed by atoms with Gasteiger partial charge in [-0.2, -0.15) is 5.10 Å². The van der Waals surface area contributed by atoms with Gasteiger partial charge in [0.2, 0.25) is 5.89 Å². The van der Waals surface area contributed by atoms with E-state index < -0.39 is 0 Å². The molecule has 0 fully saturated rings. The number of carbonyl (C=O) groups is 1. The summed E-state index contributed by atoms with van der Waals surface area (Å²) >= 11 is 1.19. The fourth-order valence-electron chi connectivity index (χ4n) is 3.81. The van der Waals surface area contributed by atoms with Gasteiger partial charge in [0, 0.05) is 18.8 Å². The Balaban J connectivity index is 1.34. The van der Waals surface area contributed by atoms with Crippen molar-refractivity contribution in [3.05, 3.63) is 89.7 Å². The molecule has 3 heterocycles. The van der Waals surface area contributed by atoms with Crippen molar-refractivity contribution < 1.29 is 13.9 Å². The second-order valence-corrected chi connectivity index (χ2v) is 8.97. The summed E-state index contributed by atoms with van der Waals surface area (Å²) in [6, 6.07) is 19.4. The summed E-state index contributed by atoms with van der Waals surface area (Å²) in [5.74, 6) is 1.13. The molecule has 2 aromatic heterocycles. The maximum atomic E-state index is 13.3. The molecule has 1 aliphatic heterocycles. The monoisotopic (exact) mass is 485 g/mol. The fraction of sp³-hybridized carbons (Fsp3) is 0.192. The predicted octanol–water partition coefficient (Wildman–Crippen LogP) is 4.92. The molecule has 0 saturated carbocycles. The first-order chi connectivity index (χ1) is 17.1. The number of nitrogens with zero attached hydrogens (tertiary/aromatic N) is 5. The molecule has 4 aromatic rings. The van der Waals surface area contributed by atoms with E-state index in [1.165, 1.54) is 11.8 Å². The number of hydrazone groups is 1. The van der Waals surface area contributed by atoms with Gasteiger partial charge in [0.05, 0.1) is 30.2 Å². The average molecular weight is 486 g/mol. The molecule has 8 nitrogen and oxygen atoms in total. The highest BCUT2D eigenvalue weighted by Gasteiger charge is 2.33. The van der Waals surface area contributed by atoms with Crippen LogP contribution in [0.3, 0.4) is 0 Å². The second-order valence-electron chi connectivity index (χ2n) is 8.05. The van der Waals surface area contributed by atoms with Crippen LogP contribution in [0.4, 0.5) is 0 Å². The van der Waals surface area contributed by atoms with Gasteiger partial charge in [-0.1, -0.05) is 41.6 Å². The maximum absolute atomic E-state index is 13.3. The molecule has 1 amide bonds. The highest BCUT2D eigenvalue weighted by molar-refractivity contribution is 7.99. The third-order valence-corrected chi connectivity index (χ3v) is 6.49. The molecule has 0 N–H and O–H groups in total. The summed E-state index contributed by atoms with van der Waals surface area (Å²) in [6.45, 7) is 2.04. The average Bonchev–Trinajstić information content (AvgIpc) is 3.56. The summed E-state index contributed by atoms with van der Waals surface area (Å²) in [7, 11) is 1.64. The Labute approximate surface area is 207 Å². The van der Waals surface area contributed by atoms with Crippen molar-refractivity contribution in [1.29, 1.82) is 0 Å². The molecule has 2 aromatic carbocycles. The Bertz CT molecular complexity index is 1340. The topological polar surface area (TPSA) is 93.7 Å². The summed E-state index contributed by atoms with van der Waals surface area (Å²) in [5, 5.41) is 14.7. The van der Waals surface area contributed by atoms with E-state index in [-0.39, 0.29) is 17.7 Å². The maximum Gasteiger partial charge on any atom is 0.277 e. The molecule has 0 spiro atoms. The van der Waals surface area contributed by atoms with Crippen molar-refractivity contribution in [2.24, 2.45) is 5.10 Å². The quantitative estimate of drug-likeness (QED) is 0.343. The fourth-order valence-corrected chi connectivity index (χ4v) is 4.43. The summed E-state index contributed by atoms with van der Waals surface area (Å²) < 4.78 is 11.0. The lowest BCUT2D eigenvalue weighted by atomic mass is 9.97. The largest absolute Gasteiger partial charge is 0.497 e. The number of aromatic nitrogens is 3. The highest BCUT2D eigenvalue weighted by Crippen LogP contribution is 2.34. The van der Waals surface area contributed by atoms with Gasteiger partial charge >= 0.3 is 0 Å². The minimum absolute atomic E-state index is 0.121. The number of hydrogen-bond acceptors (Lipinski definition) is 8. The molecule has 35 heavy (non-hydrogen) atoms. The number of pyridine rings is 1. The smallest absolute Gasteiger partial charge is 0.277 e. The minimum atomic E-state index is -0.186. The number of aryl methyl sites for hydroxylation is 1. The van der Waals surface area contributed by atoms with E-state index in [4.69, 9.17) is 14.3 Å². The van der Waals surface area contributed by atoms with Gasteiger partial charge in [-0.3, -0.25) is 9.78 Å². The lowest BCUT2D eigenvalue weighted by molar-refractivity contribution is -0.130. The van der Waals surface area contributed by atoms with Crippen molar-refractivity contribution in [3.63, 3.8) is 0 Å². The lowest BCUT2D eigenvalue weighted by Gasteiger charge is -2.21. The van der Waals surface area contributed by atoms with Crippen LogP contribution in [0.25, 0.3) is 11.5 Å². The third-order valence-electron chi connectivity index (χ3n) is 5.69. The van der Waals surface area contributed by atoms with Crippen molar-refractivity contribution in [2.75, 3.05) is 12.9 Å². The Morgan fingerprint density at radius 2 is 1.89 bits per heavy atom. The number of carbonyl (C=O) groups excluding carboxylic acids is 1. The number of rotatable bonds is 7. The molecule has 0 saturated heterocycles. The van der Waals surface area contributed by atoms with E-state index in [0.29, 0.717) is 17.5 Å². The third kappa shape index (κ3) is 5.09. The Kier molecular flexibility index (Phi) is 6.58. The van der Waals surface area contributed by atoms with Crippen LogP contribution in [0.1, 0.15) is 29.2 Å². The molecule has 0 aliphatic carbocycles. The minimum Gasteiger partial charge on any atom is -0.497 e. The Morgan fingerprint density at radius 1 is 1.09 bits per heavy atom. The molecule has 1 atom stereocenters. The number of hydrogen-bond donors (Lipinski definition) is 0. The first-order valence-electron chi connectivity index (χ1n) is 11.1. The van der Waals surface area contributed by atoms with Gasteiger partial charge in [0.1, 0.15) is 5.75 Å². The van der Waals surface area contributed by atoms with Gasteiger partial charge in [-0.25, -0.2) is 5.01 Å². The molecule has 1 unspecified atom stereocenters. The zero-order chi connectivity index (χ0) is 24.2. The number of thioether (sulfide) groups is 1. The van der Waals surface area contributed by atoms with Gasteiger partial charge in [0.25, 0.3) is 11.1 Å². The zero-order valence-electron chi connectivity index (χ0n) is 19.3. The van der Waals surface area contributed by atoms with E-state index in [0.717, 1.165) is 33.7 Å². The molecule has 0 bridgehead atoms. The van der Waals surface area contributed by atoms with E-state index in [9.17, 15) is 4.79 Å². The molecule has 5 rings (SSSR count). The van der Waals surface area contributed by atoms with Crippen molar-refractivity contribution >= 4 is 23.4 Å². The standard InChI is InChI=1S/C26H23N5O3S/c1-17-5-7-19(8-6-17)23-14-22(18-9-11-21(33-2)12-10-18)30-31(23)24(32)16-35-26-29-28-25(34-26)20-4-3-13-27-15-20/h3-13,15,23H,14,16H2,1-2H3. The van der Waals surface area contributed by atoms with Gasteiger partial charge in [-0.15, -0.1) is 10.2 Å². The lowest BCUT2D eigenvalue weighted by Crippen LogP contribution is -2.28. The zero-order valence-corrected chi connectivity index (χ0v) is 20.1. The molecule has 9 heteroatoms. The van der Waals surface area contributed by atoms with E-state index in [2.05, 4.69) is 39.4 Å². The number of ether oxygens (including phenoxy) is 1. The van der Waals surface area contributed by atoms with E-state index in [1.807, 2.05) is 37.3 Å². The highest BCUT2D eigenvalue weighted by atomic mass is 32.2. The van der Waals surface area contributed by atoms with Crippen LogP contribution in [0.5, 0.6) is 5.75 Å². The summed E-state index contributed by atoms with van der Waals surface area (Å²) in [5.41, 5.74) is 4.75. The molecular weight excluding hydrogens is 462 g/mol. The van der Waals surface area contributed by atoms with Gasteiger partial charge in [-0.05, 0) is 54.4 Å². The SMILES string of the molecule is COc1ccc(C2=NN(C(=O)CSc3nnc(-c4cccnc4)o3)C(c3ccc(C)cc3)C2)cc1. The first kappa shape index (κ1) is 22.8. The van der Waals surface area contributed by atoms with Crippen LogP contribution >= 0.6 is 11.8 Å². The van der Waals surface area contributed by atoms with Crippen LogP contribution in [0, 0.1) is 6.92 Å². The predicted molar refractivity (Wildman–Crippen MR) is 133 cm³/mol. The van der Waals surface area contributed by atoms with Crippen LogP contribution in [0.15, 0.2) is 87.8 Å². The van der Waals surface area contributed by atoms with Crippen LogP contribution < -0.4 is 4.74 Å². The van der Waals surface area contributed by atoms with E-state index in [1.54, 1.807) is 30.6 Å². The summed E-state index contributed by atoms with van der Waals surface area (Å²) in [4.78, 5) is 17.4. The van der Waals surface area contributed by atoms with Crippen LogP contribution in [-0.4, -0.2) is 44.7 Å². The van der Waals surface area contributed by atoms with Crippen LogP contribution in [0.2, 0.25) is 0 Å². The molecule has 1 aliphatic rings. The second kappa shape index (κ2) is 10.1. The van der Waals surface area contributed by atoms with E-state index >= 15 is 0 Å². The van der Waals surface area contributed by atoms with Crippen LogP contribution in [-0.2, 0) is 4.79 Å². The Morgan fingerprint density at radius 3 is 2.60 bits per heavy atom. The number of amides is 1. The van der Waals surface area contributed by atoms with Crippen molar-refractivity contribution in [3.8, 4) is 17.2 Å².